The topological polar surface area (TPSA) is 73.7 Å². The lowest BCUT2D eigenvalue weighted by Crippen LogP contribution is -2.42. The molecule has 0 spiro atoms. The highest BCUT2D eigenvalue weighted by Crippen LogP contribution is 2.18. The molecule has 2 heterocycles. The van der Waals surface area contributed by atoms with Gasteiger partial charge < -0.3 is 10.2 Å². The first-order valence-electron chi connectivity index (χ1n) is 6.16. The van der Waals surface area contributed by atoms with Crippen molar-refractivity contribution in [1.82, 2.24) is 9.88 Å². The lowest BCUT2D eigenvalue weighted by molar-refractivity contribution is 0.0253. The number of nitrogens with zero attached hydrogens (tertiary/aromatic N) is 2. The second-order valence-electron chi connectivity index (χ2n) is 4.89. The van der Waals surface area contributed by atoms with Gasteiger partial charge in [-0.3, -0.25) is 4.90 Å². The highest BCUT2D eigenvalue weighted by Gasteiger charge is 2.24. The van der Waals surface area contributed by atoms with E-state index in [4.69, 9.17) is 5.11 Å². The first-order chi connectivity index (χ1) is 8.56. The number of likely N-dealkylation sites (tertiary alicyclic amines) is 1. The van der Waals surface area contributed by atoms with E-state index in [0.717, 1.165) is 18.7 Å². The maximum Gasteiger partial charge on any atom is 0.354 e. The van der Waals surface area contributed by atoms with Gasteiger partial charge in [-0.05, 0) is 31.0 Å². The number of aliphatic hydroxyl groups is 1. The molecular formula is C13H18N2O3. The second kappa shape index (κ2) is 5.46. The Bertz CT molecular complexity index is 436. The molecule has 1 aliphatic rings. The summed E-state index contributed by atoms with van der Waals surface area (Å²) in [6, 6.07) is 5.00. The van der Waals surface area contributed by atoms with Crippen molar-refractivity contribution in [3.8, 4) is 0 Å². The van der Waals surface area contributed by atoms with Crippen molar-refractivity contribution in [2.24, 2.45) is 5.92 Å². The molecule has 0 radical (unpaired) electrons. The molecule has 18 heavy (non-hydrogen) atoms. The van der Waals surface area contributed by atoms with Crippen LogP contribution in [0.25, 0.3) is 0 Å². The highest BCUT2D eigenvalue weighted by molar-refractivity contribution is 5.85. The van der Waals surface area contributed by atoms with Gasteiger partial charge in [-0.25, -0.2) is 9.78 Å². The number of hydrogen-bond donors (Lipinski definition) is 2. The molecule has 0 aromatic carbocycles. The maximum atomic E-state index is 10.8. The number of piperidine rings is 1. The number of carboxylic acid groups (broad SMARTS) is 1. The van der Waals surface area contributed by atoms with E-state index in [-0.39, 0.29) is 11.8 Å². The predicted octanol–water partition coefficient (Wildman–Crippen LogP) is 0.982. The minimum Gasteiger partial charge on any atom is -0.477 e. The Labute approximate surface area is 106 Å². The zero-order valence-corrected chi connectivity index (χ0v) is 10.4. The van der Waals surface area contributed by atoms with Crippen molar-refractivity contribution in [2.45, 2.75) is 26.0 Å². The Kier molecular flexibility index (Phi) is 3.93. The van der Waals surface area contributed by atoms with Crippen LogP contribution in [0.5, 0.6) is 0 Å². The van der Waals surface area contributed by atoms with Gasteiger partial charge >= 0.3 is 5.97 Å². The molecule has 5 nitrogen and oxygen atoms in total. The zero-order valence-electron chi connectivity index (χ0n) is 10.4. The van der Waals surface area contributed by atoms with Crippen molar-refractivity contribution < 1.29 is 15.0 Å². The summed E-state index contributed by atoms with van der Waals surface area (Å²) >= 11 is 0. The molecule has 1 saturated heterocycles. The number of aromatic carboxylic acids is 1. The van der Waals surface area contributed by atoms with Crippen molar-refractivity contribution in [2.75, 3.05) is 13.1 Å². The average Bonchev–Trinajstić information content (AvgIpc) is 2.34. The molecule has 2 rings (SSSR count). The number of aromatic nitrogens is 1. The molecule has 1 aromatic heterocycles. The zero-order chi connectivity index (χ0) is 13.1. The maximum absolute atomic E-state index is 10.8. The van der Waals surface area contributed by atoms with Crippen LogP contribution in [-0.4, -0.2) is 45.3 Å². The van der Waals surface area contributed by atoms with E-state index in [1.165, 1.54) is 6.07 Å². The van der Waals surface area contributed by atoms with E-state index in [0.29, 0.717) is 19.0 Å². The fraction of sp³-hybridized carbons (Fsp3) is 0.538. The number of hydrogen-bond acceptors (Lipinski definition) is 4. The Balaban J connectivity index is 2.01. The first kappa shape index (κ1) is 13.0. The summed E-state index contributed by atoms with van der Waals surface area (Å²) in [4.78, 5) is 17.0. The van der Waals surface area contributed by atoms with E-state index >= 15 is 0 Å². The van der Waals surface area contributed by atoms with Gasteiger partial charge in [0.05, 0.1) is 11.8 Å². The minimum absolute atomic E-state index is 0.0680. The summed E-state index contributed by atoms with van der Waals surface area (Å²) in [6.07, 6.45) is 0.654. The molecule has 2 N–H and O–H groups in total. The van der Waals surface area contributed by atoms with E-state index in [2.05, 4.69) is 9.88 Å². The van der Waals surface area contributed by atoms with Crippen LogP contribution >= 0.6 is 0 Å². The molecule has 0 saturated carbocycles. The van der Waals surface area contributed by atoms with Gasteiger partial charge in [0, 0.05) is 13.1 Å². The molecule has 5 heteroatoms. The van der Waals surface area contributed by atoms with Crippen molar-refractivity contribution in [3.05, 3.63) is 29.6 Å². The lowest BCUT2D eigenvalue weighted by Gasteiger charge is -2.33. The third-order valence-electron chi connectivity index (χ3n) is 3.41. The number of rotatable bonds is 3. The molecule has 0 amide bonds. The van der Waals surface area contributed by atoms with Gasteiger partial charge in [0.15, 0.2) is 0 Å². The van der Waals surface area contributed by atoms with Gasteiger partial charge in [0.2, 0.25) is 0 Å². The van der Waals surface area contributed by atoms with Crippen molar-refractivity contribution in [1.29, 1.82) is 0 Å². The molecular weight excluding hydrogens is 232 g/mol. The Morgan fingerprint density at radius 1 is 1.56 bits per heavy atom. The fourth-order valence-electron chi connectivity index (χ4n) is 2.17. The summed E-state index contributed by atoms with van der Waals surface area (Å²) in [7, 11) is 0. The fourth-order valence-corrected chi connectivity index (χ4v) is 2.17. The molecule has 1 aromatic rings. The molecule has 1 aliphatic heterocycles. The van der Waals surface area contributed by atoms with E-state index < -0.39 is 5.97 Å². The Hall–Kier alpha value is -1.46. The molecule has 2 unspecified atom stereocenters. The van der Waals surface area contributed by atoms with Crippen LogP contribution in [0.1, 0.15) is 29.5 Å². The number of carbonyl (C=O) groups is 1. The third kappa shape index (κ3) is 3.05. The summed E-state index contributed by atoms with van der Waals surface area (Å²) in [6.45, 7) is 4.17. The number of pyridine rings is 1. The van der Waals surface area contributed by atoms with E-state index in [1.54, 1.807) is 6.07 Å². The predicted molar refractivity (Wildman–Crippen MR) is 66.3 cm³/mol. The largest absolute Gasteiger partial charge is 0.477 e. The quantitative estimate of drug-likeness (QED) is 0.836. The van der Waals surface area contributed by atoms with Crippen LogP contribution in [0.3, 0.4) is 0 Å². The molecule has 0 aliphatic carbocycles. The van der Waals surface area contributed by atoms with Crippen LogP contribution in [0.2, 0.25) is 0 Å². The Morgan fingerprint density at radius 2 is 2.33 bits per heavy atom. The SMILES string of the molecule is CC1CCN(Cc2cccc(C(=O)O)n2)CC1O. The van der Waals surface area contributed by atoms with Gasteiger partial charge in [0.1, 0.15) is 5.69 Å². The number of carboxylic acids is 1. The smallest absolute Gasteiger partial charge is 0.354 e. The molecule has 1 fully saturated rings. The van der Waals surface area contributed by atoms with Crippen LogP contribution in [0.4, 0.5) is 0 Å². The normalized spacial score (nSPS) is 25.0. The molecule has 98 valence electrons. The number of β-amino-alcohol motifs (C(OH)–C–C–N with tert-alkyl or cyclic N) is 1. The second-order valence-corrected chi connectivity index (χ2v) is 4.89. The van der Waals surface area contributed by atoms with Gasteiger partial charge in [-0.2, -0.15) is 0 Å². The van der Waals surface area contributed by atoms with Gasteiger partial charge in [-0.1, -0.05) is 13.0 Å². The third-order valence-corrected chi connectivity index (χ3v) is 3.41. The van der Waals surface area contributed by atoms with Gasteiger partial charge in [-0.15, -0.1) is 0 Å². The monoisotopic (exact) mass is 250 g/mol. The summed E-state index contributed by atoms with van der Waals surface area (Å²) in [5.74, 6) is -0.677. The van der Waals surface area contributed by atoms with Crippen molar-refractivity contribution >= 4 is 5.97 Å². The van der Waals surface area contributed by atoms with Crippen molar-refractivity contribution in [3.63, 3.8) is 0 Å². The summed E-state index contributed by atoms with van der Waals surface area (Å²) in [5, 5.41) is 18.7. The first-order valence-corrected chi connectivity index (χ1v) is 6.16. The number of aliphatic hydroxyl groups excluding tert-OH is 1. The standard InChI is InChI=1S/C13H18N2O3/c1-9-5-6-15(8-12(9)16)7-10-3-2-4-11(14-10)13(17)18/h2-4,9,12,16H,5-8H2,1H3,(H,17,18). The van der Waals surface area contributed by atoms with Crippen LogP contribution < -0.4 is 0 Å². The molecule has 0 bridgehead atoms. The minimum atomic E-state index is -1.01. The van der Waals surface area contributed by atoms with Gasteiger partial charge in [0.25, 0.3) is 0 Å². The van der Waals surface area contributed by atoms with Crippen LogP contribution in [0, 0.1) is 5.92 Å². The lowest BCUT2D eigenvalue weighted by atomic mass is 9.96. The van der Waals surface area contributed by atoms with E-state index in [1.807, 2.05) is 13.0 Å². The summed E-state index contributed by atoms with van der Waals surface area (Å²) in [5.41, 5.74) is 0.801. The molecule has 2 atom stereocenters. The summed E-state index contributed by atoms with van der Waals surface area (Å²) < 4.78 is 0. The average molecular weight is 250 g/mol. The Morgan fingerprint density at radius 3 is 3.00 bits per heavy atom. The van der Waals surface area contributed by atoms with Crippen LogP contribution in [0.15, 0.2) is 18.2 Å². The van der Waals surface area contributed by atoms with Crippen LogP contribution in [-0.2, 0) is 6.54 Å². The highest BCUT2D eigenvalue weighted by atomic mass is 16.4. The van der Waals surface area contributed by atoms with E-state index in [9.17, 15) is 9.90 Å².